The first kappa shape index (κ1) is 12.3. The van der Waals surface area contributed by atoms with E-state index >= 15 is 0 Å². The summed E-state index contributed by atoms with van der Waals surface area (Å²) in [5, 5.41) is 0. The number of hydrogen-bond donors (Lipinski definition) is 0. The van der Waals surface area contributed by atoms with Gasteiger partial charge in [-0.1, -0.05) is 0 Å². The van der Waals surface area contributed by atoms with Crippen molar-refractivity contribution in [1.82, 2.24) is 4.98 Å². The molecule has 0 aliphatic heterocycles. The molecule has 0 saturated carbocycles. The highest BCUT2D eigenvalue weighted by molar-refractivity contribution is 14.1. The summed E-state index contributed by atoms with van der Waals surface area (Å²) in [5.74, 6) is 1.44. The van der Waals surface area contributed by atoms with Gasteiger partial charge in [0.25, 0.3) is 5.88 Å². The van der Waals surface area contributed by atoms with Crippen molar-refractivity contribution in [1.29, 1.82) is 0 Å². The Morgan fingerprint density at radius 2 is 1.93 bits per heavy atom. The number of ether oxygens (including phenoxy) is 4. The number of aromatic nitrogens is 1. The van der Waals surface area contributed by atoms with Gasteiger partial charge in [0.2, 0.25) is 5.75 Å². The lowest BCUT2D eigenvalue weighted by Crippen LogP contribution is -2.04. The molecule has 5 nitrogen and oxygen atoms in total. The molecule has 0 fully saturated rings. The quantitative estimate of drug-likeness (QED) is 0.609. The maximum absolute atomic E-state index is 5.38. The molecular formula is C9H12INO4. The summed E-state index contributed by atoms with van der Waals surface area (Å²) in [6, 6.07) is 0. The Balaban J connectivity index is 3.07. The Morgan fingerprint density at radius 1 is 1.20 bits per heavy atom. The average Bonchev–Trinajstić information content (AvgIpc) is 2.27. The molecule has 15 heavy (non-hydrogen) atoms. The molecule has 1 aromatic rings. The minimum absolute atomic E-state index is 0.152. The Hall–Kier alpha value is -0.760. The predicted octanol–water partition coefficient (Wildman–Crippen LogP) is 1.69. The van der Waals surface area contributed by atoms with Crippen LogP contribution in [-0.2, 0) is 4.74 Å². The van der Waals surface area contributed by atoms with Crippen LogP contribution in [0.3, 0.4) is 0 Å². The molecule has 0 aliphatic rings. The number of hydrogen-bond acceptors (Lipinski definition) is 5. The molecule has 0 saturated heterocycles. The van der Waals surface area contributed by atoms with Crippen LogP contribution in [-0.4, -0.2) is 33.1 Å². The molecule has 6 heteroatoms. The molecule has 84 valence electrons. The van der Waals surface area contributed by atoms with Gasteiger partial charge in [0, 0.05) is 13.3 Å². The molecule has 0 spiro atoms. The zero-order valence-corrected chi connectivity index (χ0v) is 10.9. The highest BCUT2D eigenvalue weighted by Crippen LogP contribution is 2.38. The molecule has 1 aromatic heterocycles. The highest BCUT2D eigenvalue weighted by atomic mass is 127. The Labute approximate surface area is 102 Å². The second-order valence-corrected chi connectivity index (χ2v) is 3.69. The summed E-state index contributed by atoms with van der Waals surface area (Å²) in [7, 11) is 4.62. The van der Waals surface area contributed by atoms with Gasteiger partial charge in [0.15, 0.2) is 12.5 Å². The van der Waals surface area contributed by atoms with Crippen LogP contribution in [0.2, 0.25) is 0 Å². The molecule has 0 aliphatic carbocycles. The van der Waals surface area contributed by atoms with Gasteiger partial charge >= 0.3 is 0 Å². The van der Waals surface area contributed by atoms with Crippen molar-refractivity contribution in [3.05, 3.63) is 9.77 Å². The monoisotopic (exact) mass is 325 g/mol. The van der Waals surface area contributed by atoms with Crippen molar-refractivity contribution < 1.29 is 18.9 Å². The fourth-order valence-corrected chi connectivity index (χ4v) is 1.56. The van der Waals surface area contributed by atoms with E-state index in [0.717, 1.165) is 3.57 Å². The molecule has 1 heterocycles. The van der Waals surface area contributed by atoms with Crippen molar-refractivity contribution in [3.8, 4) is 17.4 Å². The van der Waals surface area contributed by atoms with E-state index in [1.165, 1.54) is 14.2 Å². The topological polar surface area (TPSA) is 49.8 Å². The first-order valence-corrected chi connectivity index (χ1v) is 5.20. The van der Waals surface area contributed by atoms with Crippen LogP contribution in [0.15, 0.2) is 6.20 Å². The molecule has 0 unspecified atom stereocenters. The Kier molecular flexibility index (Phi) is 4.89. The third kappa shape index (κ3) is 2.85. The Bertz CT molecular complexity index is 332. The van der Waals surface area contributed by atoms with E-state index in [-0.39, 0.29) is 6.79 Å². The molecule has 0 atom stereocenters. The first-order valence-electron chi connectivity index (χ1n) is 4.12. The van der Waals surface area contributed by atoms with Crippen LogP contribution in [0.25, 0.3) is 0 Å². The number of pyridine rings is 1. The standard InChI is InChI=1S/C9H12INO4/c1-12-5-15-7-6(10)4-11-9(14-3)8(7)13-2/h4H,5H2,1-3H3. The fourth-order valence-electron chi connectivity index (χ4n) is 1.02. The van der Waals surface area contributed by atoms with Crippen molar-refractivity contribution in [2.75, 3.05) is 28.1 Å². The van der Waals surface area contributed by atoms with Gasteiger partial charge in [-0.25, -0.2) is 4.98 Å². The van der Waals surface area contributed by atoms with E-state index in [1.54, 1.807) is 13.3 Å². The maximum atomic E-state index is 5.38. The molecule has 0 N–H and O–H groups in total. The normalized spacial score (nSPS) is 9.87. The largest absolute Gasteiger partial charge is 0.489 e. The van der Waals surface area contributed by atoms with E-state index in [1.807, 2.05) is 0 Å². The van der Waals surface area contributed by atoms with Gasteiger partial charge < -0.3 is 18.9 Å². The van der Waals surface area contributed by atoms with Crippen LogP contribution < -0.4 is 14.2 Å². The number of nitrogens with zero attached hydrogens (tertiary/aromatic N) is 1. The van der Waals surface area contributed by atoms with Gasteiger partial charge in [0.1, 0.15) is 0 Å². The first-order chi connectivity index (χ1) is 7.24. The molecule has 0 radical (unpaired) electrons. The Morgan fingerprint density at radius 3 is 2.47 bits per heavy atom. The van der Waals surface area contributed by atoms with Crippen LogP contribution in [0, 0.1) is 3.57 Å². The SMILES string of the molecule is COCOc1c(I)cnc(OC)c1OC. The molecular weight excluding hydrogens is 313 g/mol. The smallest absolute Gasteiger partial charge is 0.260 e. The van der Waals surface area contributed by atoms with Crippen LogP contribution in [0.5, 0.6) is 17.4 Å². The van der Waals surface area contributed by atoms with Crippen molar-refractivity contribution in [2.45, 2.75) is 0 Å². The van der Waals surface area contributed by atoms with Gasteiger partial charge in [-0.2, -0.15) is 0 Å². The molecule has 1 rings (SSSR count). The van der Waals surface area contributed by atoms with Crippen molar-refractivity contribution in [2.24, 2.45) is 0 Å². The summed E-state index contributed by atoms with van der Waals surface area (Å²) in [5.41, 5.74) is 0. The third-order valence-corrected chi connectivity index (χ3v) is 2.40. The summed E-state index contributed by atoms with van der Waals surface area (Å²) >= 11 is 2.10. The minimum Gasteiger partial charge on any atom is -0.489 e. The second-order valence-electron chi connectivity index (χ2n) is 2.53. The summed E-state index contributed by atoms with van der Waals surface area (Å²) < 4.78 is 21.3. The number of halogens is 1. The van der Waals surface area contributed by atoms with Crippen LogP contribution in [0.4, 0.5) is 0 Å². The van der Waals surface area contributed by atoms with E-state index in [0.29, 0.717) is 17.4 Å². The highest BCUT2D eigenvalue weighted by Gasteiger charge is 2.16. The van der Waals surface area contributed by atoms with Gasteiger partial charge in [-0.05, 0) is 22.6 Å². The van der Waals surface area contributed by atoms with E-state index in [2.05, 4.69) is 27.6 Å². The lowest BCUT2D eigenvalue weighted by atomic mass is 10.4. The molecule has 0 aromatic carbocycles. The zero-order valence-electron chi connectivity index (χ0n) is 8.74. The molecule has 0 bridgehead atoms. The van der Waals surface area contributed by atoms with Gasteiger partial charge in [0.05, 0.1) is 17.8 Å². The second kappa shape index (κ2) is 5.96. The molecule has 0 amide bonds. The summed E-state index contributed by atoms with van der Waals surface area (Å²) in [6.07, 6.45) is 1.65. The van der Waals surface area contributed by atoms with Crippen LogP contribution >= 0.6 is 22.6 Å². The predicted molar refractivity (Wildman–Crippen MR) is 62.6 cm³/mol. The summed E-state index contributed by atoms with van der Waals surface area (Å²) in [4.78, 5) is 4.06. The minimum atomic E-state index is 0.152. The van der Waals surface area contributed by atoms with E-state index in [9.17, 15) is 0 Å². The van der Waals surface area contributed by atoms with Crippen molar-refractivity contribution in [3.63, 3.8) is 0 Å². The zero-order chi connectivity index (χ0) is 11.3. The average molecular weight is 325 g/mol. The van der Waals surface area contributed by atoms with E-state index in [4.69, 9.17) is 18.9 Å². The van der Waals surface area contributed by atoms with Crippen molar-refractivity contribution >= 4 is 22.6 Å². The number of methoxy groups -OCH3 is 3. The lowest BCUT2D eigenvalue weighted by Gasteiger charge is -2.13. The number of rotatable bonds is 5. The van der Waals surface area contributed by atoms with Gasteiger partial charge in [-0.3, -0.25) is 0 Å². The fraction of sp³-hybridized carbons (Fsp3) is 0.444. The lowest BCUT2D eigenvalue weighted by molar-refractivity contribution is 0.0481. The maximum Gasteiger partial charge on any atom is 0.260 e. The van der Waals surface area contributed by atoms with Gasteiger partial charge in [-0.15, -0.1) is 0 Å². The third-order valence-electron chi connectivity index (χ3n) is 1.63. The summed E-state index contributed by atoms with van der Waals surface area (Å²) in [6.45, 7) is 0.152. The van der Waals surface area contributed by atoms with E-state index < -0.39 is 0 Å². The van der Waals surface area contributed by atoms with Crippen LogP contribution in [0.1, 0.15) is 0 Å².